The second-order valence-corrected chi connectivity index (χ2v) is 10.8. The molecule has 2 heterocycles. The molecule has 4 rings (SSSR count). The SMILES string of the molecule is [2H]C(C)(C)C([2H])([2H])N(C[C@@H](O)[C@@H](CC(=O)O[C@@]1([2H])C([2H])([2H])O[C@@]2([2H])OC([2H])([2H])C([2H])([2H])[C@]21[2H])Cc1ccccc1)S(=O)(=O)c1ccc(N)cc1. The number of benzene rings is 2. The fraction of sp³-hybridized carbons (Fsp3) is 0.536. The molecule has 0 spiro atoms. The topological polar surface area (TPSA) is 128 Å². The van der Waals surface area contributed by atoms with Gasteiger partial charge in [-0.1, -0.05) is 44.2 Å². The van der Waals surface area contributed by atoms with E-state index < -0.39 is 96.0 Å². The molecule has 2 aliphatic heterocycles. The van der Waals surface area contributed by atoms with Crippen LogP contribution < -0.4 is 5.73 Å². The van der Waals surface area contributed by atoms with Gasteiger partial charge in [-0.3, -0.25) is 4.79 Å². The number of hydrogen-bond acceptors (Lipinski definition) is 8. The third-order valence-electron chi connectivity index (χ3n) is 5.69. The van der Waals surface area contributed by atoms with E-state index in [1.807, 2.05) is 0 Å². The number of anilines is 1. The molecule has 2 fully saturated rings. The lowest BCUT2D eigenvalue weighted by Gasteiger charge is -2.30. The van der Waals surface area contributed by atoms with Crippen molar-refractivity contribution in [3.05, 3.63) is 60.2 Å². The molecule has 3 N–H and O–H groups in total. The molecule has 0 radical (unpaired) electrons. The Morgan fingerprint density at radius 3 is 2.66 bits per heavy atom. The maximum Gasteiger partial charge on any atom is 0.306 e. The lowest BCUT2D eigenvalue weighted by molar-refractivity contribution is -0.153. The normalized spacial score (nSPS) is 38.0. The van der Waals surface area contributed by atoms with Crippen molar-refractivity contribution in [1.82, 2.24) is 4.31 Å². The van der Waals surface area contributed by atoms with E-state index in [2.05, 4.69) is 4.74 Å². The van der Waals surface area contributed by atoms with Crippen molar-refractivity contribution in [2.24, 2.45) is 17.7 Å². The average molecular weight is 559 g/mol. The minimum atomic E-state index is -4.81. The predicted octanol–water partition coefficient (Wildman–Crippen LogP) is 2.83. The van der Waals surface area contributed by atoms with E-state index in [1.54, 1.807) is 30.3 Å². The summed E-state index contributed by atoms with van der Waals surface area (Å²) < 4.78 is 143. The van der Waals surface area contributed by atoms with Crippen LogP contribution in [0, 0.1) is 17.7 Å². The smallest absolute Gasteiger partial charge is 0.306 e. The van der Waals surface area contributed by atoms with E-state index in [0.717, 1.165) is 26.0 Å². The van der Waals surface area contributed by atoms with E-state index in [1.165, 1.54) is 12.1 Å². The number of carbonyl (C=O) groups is 1. The van der Waals surface area contributed by atoms with Gasteiger partial charge >= 0.3 is 5.97 Å². The van der Waals surface area contributed by atoms with Crippen LogP contribution in [-0.4, -0.2) is 68.4 Å². The number of ether oxygens (including phenoxy) is 3. The summed E-state index contributed by atoms with van der Waals surface area (Å²) in [5, 5.41) is 11.6. The molecular weight excluding hydrogens is 508 g/mol. The van der Waals surface area contributed by atoms with Crippen LogP contribution in [0.5, 0.6) is 0 Å². The molecule has 2 aliphatic rings. The number of nitrogens with two attached hydrogens (primary N) is 1. The Balaban J connectivity index is 1.73. The standard InChI is InChI=1S/C28H38N2O7S/c1-19(2)16-30(38(33,34)23-10-8-22(29)9-11-23)17-25(31)21(14-20-6-4-3-5-7-20)15-27(32)37-26-18-36-28-24(26)12-13-35-28/h3-11,19,21,24-26,28,31H,12-18,29H2,1-2H3/t21-,24+,25-,26+,28-/m1/s1/i12D2,13D2,16D2,18D2,19D,24D,26D,28D. The summed E-state index contributed by atoms with van der Waals surface area (Å²) in [6.45, 7) is -8.85. The fourth-order valence-electron chi connectivity index (χ4n) is 3.83. The van der Waals surface area contributed by atoms with Crippen molar-refractivity contribution in [2.75, 3.05) is 31.9 Å². The first-order valence-electron chi connectivity index (χ1n) is 17.7. The van der Waals surface area contributed by atoms with E-state index in [9.17, 15) is 18.3 Å². The van der Waals surface area contributed by atoms with Gasteiger partial charge in [-0.15, -0.1) is 0 Å². The maximum absolute atomic E-state index is 13.9. The highest BCUT2D eigenvalue weighted by Gasteiger charge is 2.44. The van der Waals surface area contributed by atoms with Crippen LogP contribution in [0.15, 0.2) is 59.5 Å². The number of fused-ring (bicyclic) bond motifs is 1. The van der Waals surface area contributed by atoms with Gasteiger partial charge in [0.25, 0.3) is 0 Å². The molecule has 0 bridgehead atoms. The number of aliphatic hydroxyl groups excluding tert-OH is 1. The van der Waals surface area contributed by atoms with E-state index in [-0.39, 0.29) is 16.4 Å². The van der Waals surface area contributed by atoms with Crippen LogP contribution in [0.2, 0.25) is 0 Å². The maximum atomic E-state index is 13.9. The van der Waals surface area contributed by atoms with E-state index in [4.69, 9.17) is 31.7 Å². The van der Waals surface area contributed by atoms with Gasteiger partial charge in [0.15, 0.2) is 6.27 Å². The number of aliphatic hydroxyl groups is 1. The van der Waals surface area contributed by atoms with Crippen molar-refractivity contribution in [1.29, 1.82) is 0 Å². The molecule has 38 heavy (non-hydrogen) atoms. The Kier molecular flexibility index (Phi) is 5.48. The van der Waals surface area contributed by atoms with Crippen molar-refractivity contribution >= 4 is 21.7 Å². The first kappa shape index (κ1) is 16.6. The zero-order valence-corrected chi connectivity index (χ0v) is 21.6. The molecule has 0 aromatic heterocycles. The predicted molar refractivity (Wildman–Crippen MR) is 142 cm³/mol. The highest BCUT2D eigenvalue weighted by molar-refractivity contribution is 7.89. The molecule has 0 amide bonds. The van der Waals surface area contributed by atoms with Gasteiger partial charge in [0, 0.05) is 32.9 Å². The zero-order valence-electron chi connectivity index (χ0n) is 32.8. The van der Waals surface area contributed by atoms with Crippen LogP contribution >= 0.6 is 0 Å². The lowest BCUT2D eigenvalue weighted by atomic mass is 9.90. The number of esters is 1. The third-order valence-corrected chi connectivity index (χ3v) is 7.37. The second kappa shape index (κ2) is 12.6. The summed E-state index contributed by atoms with van der Waals surface area (Å²) in [7, 11) is -4.81. The molecular formula is C28H38N2O7S. The van der Waals surface area contributed by atoms with Gasteiger partial charge in [-0.05, 0) is 48.5 Å². The molecule has 5 atom stereocenters. The van der Waals surface area contributed by atoms with Crippen LogP contribution in [0.25, 0.3) is 0 Å². The quantitative estimate of drug-likeness (QED) is 0.301. The Morgan fingerprint density at radius 1 is 1.26 bits per heavy atom. The summed E-state index contributed by atoms with van der Waals surface area (Å²) in [6, 6.07) is 12.8. The third kappa shape index (κ3) is 7.12. The van der Waals surface area contributed by atoms with Crippen molar-refractivity contribution in [3.8, 4) is 0 Å². The first-order valence-corrected chi connectivity index (χ1v) is 13.2. The number of carbonyl (C=O) groups excluding carboxylic acids is 1. The summed E-state index contributed by atoms with van der Waals surface area (Å²) in [5.41, 5.74) is 6.38. The molecule has 2 aromatic rings. The Labute approximate surface area is 241 Å². The van der Waals surface area contributed by atoms with Crippen molar-refractivity contribution in [2.45, 2.75) is 56.4 Å². The average Bonchev–Trinajstić information content (AvgIpc) is 3.16. The van der Waals surface area contributed by atoms with Gasteiger partial charge in [0.2, 0.25) is 10.0 Å². The minimum absolute atomic E-state index is 0.204. The molecule has 10 heteroatoms. The van der Waals surface area contributed by atoms with Gasteiger partial charge in [0.05, 0.1) is 44.7 Å². The molecule has 0 unspecified atom stereocenters. The molecule has 0 aliphatic carbocycles. The van der Waals surface area contributed by atoms with Crippen LogP contribution in [-0.2, 0) is 35.4 Å². The minimum Gasteiger partial charge on any atom is -0.459 e. The van der Waals surface area contributed by atoms with Crippen LogP contribution in [0.4, 0.5) is 5.69 Å². The number of nitrogens with zero attached hydrogens (tertiary/aromatic N) is 1. The summed E-state index contributed by atoms with van der Waals surface area (Å²) in [5.74, 6) is -8.72. The Bertz CT molecular complexity index is 1700. The van der Waals surface area contributed by atoms with E-state index in [0.29, 0.717) is 5.56 Å². The number of sulfonamides is 1. The highest BCUT2D eigenvalue weighted by Crippen LogP contribution is 2.33. The summed E-state index contributed by atoms with van der Waals surface area (Å²) in [4.78, 5) is 13.2. The number of hydrogen-bond donors (Lipinski definition) is 2. The lowest BCUT2D eigenvalue weighted by Crippen LogP contribution is -2.43. The summed E-state index contributed by atoms with van der Waals surface area (Å²) >= 11 is 0. The molecule has 0 saturated carbocycles. The van der Waals surface area contributed by atoms with Crippen molar-refractivity contribution < 1.29 is 49.0 Å². The largest absolute Gasteiger partial charge is 0.459 e. The monoisotopic (exact) mass is 558 g/mol. The zero-order chi connectivity index (χ0) is 38.1. The molecule has 2 aromatic carbocycles. The van der Waals surface area contributed by atoms with Gasteiger partial charge in [-0.25, -0.2) is 8.42 Å². The summed E-state index contributed by atoms with van der Waals surface area (Å²) in [6.07, 6.45) is -14.0. The molecule has 2 saturated heterocycles. The highest BCUT2D eigenvalue weighted by atomic mass is 32.2. The second-order valence-electron chi connectivity index (χ2n) is 8.94. The number of nitrogen functional groups attached to an aromatic ring is 1. The molecule has 208 valence electrons. The van der Waals surface area contributed by atoms with E-state index >= 15 is 0 Å². The Hall–Kier alpha value is -2.50. The van der Waals surface area contributed by atoms with Gasteiger partial charge in [0.1, 0.15) is 6.08 Å². The first-order chi connectivity index (χ1) is 22.5. The Morgan fingerprint density at radius 2 is 1.97 bits per heavy atom. The van der Waals surface area contributed by atoms with Gasteiger partial charge < -0.3 is 25.1 Å². The van der Waals surface area contributed by atoms with Gasteiger partial charge in [-0.2, -0.15) is 4.31 Å². The van der Waals surface area contributed by atoms with Crippen LogP contribution in [0.1, 0.15) is 48.7 Å². The molecule has 9 nitrogen and oxygen atoms in total. The van der Waals surface area contributed by atoms with Crippen molar-refractivity contribution in [3.63, 3.8) is 0 Å². The fourth-order valence-corrected chi connectivity index (χ4v) is 5.22. The number of rotatable bonds is 12. The van der Waals surface area contributed by atoms with Crippen LogP contribution in [0.3, 0.4) is 0 Å².